The molecule has 0 saturated heterocycles. The van der Waals surface area contributed by atoms with Gasteiger partial charge in [-0.1, -0.05) is 25.1 Å². The van der Waals surface area contributed by atoms with Crippen molar-refractivity contribution in [2.24, 2.45) is 0 Å². The van der Waals surface area contributed by atoms with Gasteiger partial charge in [0, 0.05) is 51.2 Å². The quantitative estimate of drug-likeness (QED) is 0.755. The van der Waals surface area contributed by atoms with Gasteiger partial charge in [0.05, 0.1) is 23.8 Å². The Morgan fingerprint density at radius 3 is 2.52 bits per heavy atom. The number of hydrogen-bond acceptors (Lipinski definition) is 4. The van der Waals surface area contributed by atoms with Crippen LogP contribution in [0.4, 0.5) is 5.69 Å². The topological polar surface area (TPSA) is 48.1 Å². The van der Waals surface area contributed by atoms with Crippen molar-refractivity contribution in [3.63, 3.8) is 0 Å². The molecule has 3 heterocycles. The second-order valence-electron chi connectivity index (χ2n) is 7.40. The number of rotatable bonds is 5. The molecule has 0 saturated carbocycles. The van der Waals surface area contributed by atoms with E-state index in [9.17, 15) is 0 Å². The minimum absolute atomic E-state index is 0.0967. The average Bonchev–Trinajstić information content (AvgIpc) is 3.17. The van der Waals surface area contributed by atoms with E-state index in [1.54, 1.807) is 0 Å². The summed E-state index contributed by atoms with van der Waals surface area (Å²) in [4.78, 5) is 17.3. The lowest BCUT2D eigenvalue weighted by atomic mass is 9.98. The van der Waals surface area contributed by atoms with Gasteiger partial charge >= 0.3 is 0 Å². The van der Waals surface area contributed by atoms with Crippen LogP contribution in [0, 0.1) is 0 Å². The number of H-pyrrole nitrogens is 1. The molecule has 0 fully saturated rings. The molecule has 4 rings (SSSR count). The van der Waals surface area contributed by atoms with Crippen LogP contribution in [-0.2, 0) is 19.4 Å². The number of aromatic nitrogens is 3. The smallest absolute Gasteiger partial charge is 0.0971 e. The molecule has 0 spiro atoms. The van der Waals surface area contributed by atoms with Gasteiger partial charge < -0.3 is 9.88 Å². The molecule has 0 unspecified atom stereocenters. The van der Waals surface area contributed by atoms with Crippen molar-refractivity contribution in [1.29, 1.82) is 0 Å². The zero-order valence-corrected chi connectivity index (χ0v) is 16.3. The molecule has 27 heavy (non-hydrogen) atoms. The maximum absolute atomic E-state index is 4.78. The fourth-order valence-corrected chi connectivity index (χ4v) is 3.76. The zero-order chi connectivity index (χ0) is 18.8. The van der Waals surface area contributed by atoms with Gasteiger partial charge in [0.25, 0.3) is 0 Å². The lowest BCUT2D eigenvalue weighted by Gasteiger charge is -2.34. The van der Waals surface area contributed by atoms with Crippen molar-refractivity contribution in [2.45, 2.75) is 32.4 Å². The first kappa shape index (κ1) is 17.7. The van der Waals surface area contributed by atoms with E-state index >= 15 is 0 Å². The molecule has 1 N–H and O–H groups in total. The van der Waals surface area contributed by atoms with Crippen LogP contribution in [0.3, 0.4) is 0 Å². The minimum Gasteiger partial charge on any atom is -0.378 e. The number of nitrogens with zero attached hydrogens (tertiary/aromatic N) is 4. The summed E-state index contributed by atoms with van der Waals surface area (Å²) in [6.07, 6.45) is 5.82. The standard InChI is InChI=1S/C22H27N5/c1-4-16-7-10-20(23-13-16)22-21-19(24-15-25-21)11-12-27(22)14-17-5-8-18(9-6-17)26(2)3/h5-10,13,15,22H,4,11-12,14H2,1-3H3,(H,24,25)/t22-/m0/s1. The van der Waals surface area contributed by atoms with Gasteiger partial charge in [-0.25, -0.2) is 4.98 Å². The minimum atomic E-state index is 0.0967. The van der Waals surface area contributed by atoms with Gasteiger partial charge in [-0.05, 0) is 35.7 Å². The van der Waals surface area contributed by atoms with E-state index in [1.807, 2.05) is 12.5 Å². The highest BCUT2D eigenvalue weighted by molar-refractivity contribution is 5.46. The summed E-state index contributed by atoms with van der Waals surface area (Å²) >= 11 is 0. The Bertz CT molecular complexity index is 880. The van der Waals surface area contributed by atoms with Crippen LogP contribution < -0.4 is 4.90 Å². The predicted octanol–water partition coefficient (Wildman–Crippen LogP) is 3.58. The first-order valence-corrected chi connectivity index (χ1v) is 9.63. The molecule has 1 aliphatic rings. The fraction of sp³-hybridized carbons (Fsp3) is 0.364. The molecule has 0 aliphatic carbocycles. The second-order valence-corrected chi connectivity index (χ2v) is 7.40. The third kappa shape index (κ3) is 3.60. The normalized spacial score (nSPS) is 16.9. The molecule has 3 aromatic rings. The molecular formula is C22H27N5. The number of nitrogens with one attached hydrogen (secondary N) is 1. The largest absolute Gasteiger partial charge is 0.378 e. The van der Waals surface area contributed by atoms with Crippen molar-refractivity contribution in [3.8, 4) is 0 Å². The first-order chi connectivity index (χ1) is 13.2. The number of imidazole rings is 1. The van der Waals surface area contributed by atoms with Crippen molar-refractivity contribution in [2.75, 3.05) is 25.5 Å². The van der Waals surface area contributed by atoms with Crippen LogP contribution in [0.15, 0.2) is 48.9 Å². The monoisotopic (exact) mass is 361 g/mol. The molecule has 1 aromatic carbocycles. The van der Waals surface area contributed by atoms with Crippen LogP contribution in [0.5, 0.6) is 0 Å². The van der Waals surface area contributed by atoms with Crippen LogP contribution in [0.2, 0.25) is 0 Å². The van der Waals surface area contributed by atoms with Gasteiger partial charge in [-0.15, -0.1) is 0 Å². The van der Waals surface area contributed by atoms with E-state index in [-0.39, 0.29) is 6.04 Å². The molecule has 140 valence electrons. The summed E-state index contributed by atoms with van der Waals surface area (Å²) < 4.78 is 0. The molecule has 0 amide bonds. The van der Waals surface area contributed by atoms with Gasteiger partial charge in [0.1, 0.15) is 0 Å². The average molecular weight is 361 g/mol. The Morgan fingerprint density at radius 1 is 1.07 bits per heavy atom. The Hall–Kier alpha value is -2.66. The molecule has 2 aromatic heterocycles. The SMILES string of the molecule is CCc1ccc([C@H]2c3nc[nH]c3CCN2Cc2ccc(N(C)C)cc2)nc1. The van der Waals surface area contributed by atoms with Crippen molar-refractivity contribution in [1.82, 2.24) is 19.9 Å². The summed E-state index contributed by atoms with van der Waals surface area (Å²) in [5.41, 5.74) is 7.23. The predicted molar refractivity (Wildman–Crippen MR) is 109 cm³/mol. The van der Waals surface area contributed by atoms with Crippen LogP contribution >= 0.6 is 0 Å². The summed E-state index contributed by atoms with van der Waals surface area (Å²) in [6.45, 7) is 4.04. The van der Waals surface area contributed by atoms with Gasteiger partial charge in [0.15, 0.2) is 0 Å². The second kappa shape index (κ2) is 7.53. The highest BCUT2D eigenvalue weighted by Gasteiger charge is 2.31. The molecule has 1 atom stereocenters. The molecule has 0 bridgehead atoms. The summed E-state index contributed by atoms with van der Waals surface area (Å²) in [5.74, 6) is 0. The van der Waals surface area contributed by atoms with E-state index in [0.29, 0.717) is 0 Å². The number of fused-ring (bicyclic) bond motifs is 1. The highest BCUT2D eigenvalue weighted by Crippen LogP contribution is 2.33. The maximum atomic E-state index is 4.78. The Balaban J connectivity index is 1.63. The van der Waals surface area contributed by atoms with Crippen LogP contribution in [0.1, 0.15) is 41.2 Å². The van der Waals surface area contributed by atoms with E-state index in [0.717, 1.165) is 37.3 Å². The van der Waals surface area contributed by atoms with Gasteiger partial charge in [-0.3, -0.25) is 9.88 Å². The van der Waals surface area contributed by atoms with Gasteiger partial charge in [0.2, 0.25) is 0 Å². The summed E-state index contributed by atoms with van der Waals surface area (Å²) in [7, 11) is 4.14. The molecule has 1 aliphatic heterocycles. The molecule has 0 radical (unpaired) electrons. The lowest BCUT2D eigenvalue weighted by Crippen LogP contribution is -2.36. The van der Waals surface area contributed by atoms with Gasteiger partial charge in [-0.2, -0.15) is 0 Å². The molecule has 5 nitrogen and oxygen atoms in total. The highest BCUT2D eigenvalue weighted by atomic mass is 15.2. The third-order valence-electron chi connectivity index (χ3n) is 5.40. The Labute approximate surface area is 161 Å². The number of benzene rings is 1. The summed E-state index contributed by atoms with van der Waals surface area (Å²) in [5, 5.41) is 0. The zero-order valence-electron chi connectivity index (χ0n) is 16.3. The van der Waals surface area contributed by atoms with Crippen LogP contribution in [0.25, 0.3) is 0 Å². The first-order valence-electron chi connectivity index (χ1n) is 9.63. The number of aromatic amines is 1. The lowest BCUT2D eigenvalue weighted by molar-refractivity contribution is 0.197. The summed E-state index contributed by atoms with van der Waals surface area (Å²) in [6, 6.07) is 13.3. The van der Waals surface area contributed by atoms with Crippen molar-refractivity contribution in [3.05, 3.63) is 77.1 Å². The van der Waals surface area contributed by atoms with E-state index < -0.39 is 0 Å². The third-order valence-corrected chi connectivity index (χ3v) is 5.40. The molecule has 5 heteroatoms. The van der Waals surface area contributed by atoms with E-state index in [4.69, 9.17) is 4.98 Å². The van der Waals surface area contributed by atoms with E-state index in [2.05, 4.69) is 77.2 Å². The Kier molecular flexibility index (Phi) is 4.94. The van der Waals surface area contributed by atoms with Crippen LogP contribution in [-0.4, -0.2) is 40.5 Å². The van der Waals surface area contributed by atoms with Crippen molar-refractivity contribution >= 4 is 5.69 Å². The van der Waals surface area contributed by atoms with Crippen molar-refractivity contribution < 1.29 is 0 Å². The number of aryl methyl sites for hydroxylation is 1. The number of pyridine rings is 1. The number of hydrogen-bond donors (Lipinski definition) is 1. The maximum Gasteiger partial charge on any atom is 0.0971 e. The Morgan fingerprint density at radius 2 is 1.85 bits per heavy atom. The fourth-order valence-electron chi connectivity index (χ4n) is 3.76. The number of anilines is 1. The van der Waals surface area contributed by atoms with E-state index in [1.165, 1.54) is 22.5 Å². The molecular weight excluding hydrogens is 334 g/mol.